The molecule has 0 amide bonds. The molecule has 9 nitrogen and oxygen atoms in total. The molecule has 0 aliphatic rings. The van der Waals surface area contributed by atoms with Gasteiger partial charge >= 0.3 is 5.97 Å². The van der Waals surface area contributed by atoms with Crippen molar-refractivity contribution in [3.05, 3.63) is 52.4 Å². The van der Waals surface area contributed by atoms with Crippen LogP contribution in [0.25, 0.3) is 5.78 Å². The molecule has 1 aromatic carbocycles. The molecule has 3 rings (SSSR count). The Morgan fingerprint density at radius 1 is 1.23 bits per heavy atom. The number of anilines is 2. The molecular weight excluding hydrogens is 290 g/mol. The first-order chi connectivity index (χ1) is 10.6. The zero-order chi connectivity index (χ0) is 15.7. The summed E-state index contributed by atoms with van der Waals surface area (Å²) in [6.07, 6.45) is 1.01. The first kappa shape index (κ1) is 13.5. The summed E-state index contributed by atoms with van der Waals surface area (Å²) in [5, 5.41) is 15.5. The highest BCUT2D eigenvalue weighted by atomic mass is 16.4. The number of hydrogen-bond acceptors (Lipinski definition) is 6. The number of nitrogens with one attached hydrogen (secondary N) is 2. The fraction of sp³-hybridized carbons (Fsp3) is 0. The number of rotatable bonds is 4. The summed E-state index contributed by atoms with van der Waals surface area (Å²) in [6.45, 7) is 0. The summed E-state index contributed by atoms with van der Waals surface area (Å²) in [7, 11) is 0. The van der Waals surface area contributed by atoms with Crippen molar-refractivity contribution in [3.8, 4) is 0 Å². The van der Waals surface area contributed by atoms with Crippen LogP contribution in [0.3, 0.4) is 0 Å². The third-order valence-corrected chi connectivity index (χ3v) is 2.84. The molecule has 0 aliphatic heterocycles. The van der Waals surface area contributed by atoms with Crippen molar-refractivity contribution < 1.29 is 14.7 Å². The van der Waals surface area contributed by atoms with Gasteiger partial charge in [0, 0.05) is 11.9 Å². The number of aliphatic carboxylic acids is 1. The number of carboxylic acid groups (broad SMARTS) is 1. The number of Topliss-reactive ketones (excluding diaryl/α,β-unsaturated/α-hetero) is 1. The van der Waals surface area contributed by atoms with Gasteiger partial charge in [-0.25, -0.2) is 4.79 Å². The molecule has 3 aromatic rings. The number of ketones is 1. The van der Waals surface area contributed by atoms with Crippen LogP contribution in [-0.4, -0.2) is 36.4 Å². The minimum absolute atomic E-state index is 0.0883. The number of benzene rings is 1. The van der Waals surface area contributed by atoms with E-state index in [-0.39, 0.29) is 11.7 Å². The fourth-order valence-corrected chi connectivity index (χ4v) is 1.84. The van der Waals surface area contributed by atoms with Crippen LogP contribution in [0.5, 0.6) is 0 Å². The molecule has 0 radical (unpaired) electrons. The summed E-state index contributed by atoms with van der Waals surface area (Å²) in [5.74, 6) is -2.80. The Bertz CT molecular complexity index is 929. The van der Waals surface area contributed by atoms with E-state index in [4.69, 9.17) is 5.11 Å². The zero-order valence-electron chi connectivity index (χ0n) is 11.0. The topological polar surface area (TPSA) is 129 Å². The zero-order valence-corrected chi connectivity index (χ0v) is 11.0. The molecular formula is C13H9N5O4. The Balaban J connectivity index is 2.04. The number of carbonyl (C=O) groups is 2. The minimum Gasteiger partial charge on any atom is -0.475 e. The van der Waals surface area contributed by atoms with Crippen molar-refractivity contribution in [2.75, 3.05) is 5.32 Å². The second-order valence-electron chi connectivity index (χ2n) is 4.30. The van der Waals surface area contributed by atoms with E-state index in [1.165, 1.54) is 0 Å². The van der Waals surface area contributed by atoms with E-state index in [2.05, 4.69) is 20.4 Å². The van der Waals surface area contributed by atoms with Crippen LogP contribution in [-0.2, 0) is 4.79 Å². The lowest BCUT2D eigenvalue weighted by Crippen LogP contribution is -2.27. The van der Waals surface area contributed by atoms with Crippen LogP contribution in [0.4, 0.5) is 11.6 Å². The molecule has 22 heavy (non-hydrogen) atoms. The lowest BCUT2D eigenvalue weighted by atomic mass is 10.2. The van der Waals surface area contributed by atoms with Crippen LogP contribution < -0.4 is 10.9 Å². The number of nitrogens with zero attached hydrogens (tertiary/aromatic N) is 3. The quantitative estimate of drug-likeness (QED) is 0.470. The van der Waals surface area contributed by atoms with Crippen LogP contribution in [0.2, 0.25) is 0 Å². The Hall–Kier alpha value is -3.49. The molecule has 2 heterocycles. The predicted molar refractivity (Wildman–Crippen MR) is 75.3 cm³/mol. The molecule has 2 aromatic heterocycles. The van der Waals surface area contributed by atoms with Gasteiger partial charge in [-0.15, -0.1) is 5.10 Å². The lowest BCUT2D eigenvalue weighted by Gasteiger charge is -1.98. The van der Waals surface area contributed by atoms with E-state index in [9.17, 15) is 14.4 Å². The van der Waals surface area contributed by atoms with Crippen molar-refractivity contribution in [1.82, 2.24) is 19.6 Å². The molecule has 9 heteroatoms. The third-order valence-electron chi connectivity index (χ3n) is 2.84. The van der Waals surface area contributed by atoms with E-state index < -0.39 is 22.9 Å². The first-order valence-electron chi connectivity index (χ1n) is 6.14. The van der Waals surface area contributed by atoms with Gasteiger partial charge in [0.25, 0.3) is 11.3 Å². The maximum atomic E-state index is 12.1. The smallest absolute Gasteiger partial charge is 0.377 e. The van der Waals surface area contributed by atoms with Gasteiger partial charge in [-0.1, -0.05) is 18.2 Å². The fourth-order valence-electron chi connectivity index (χ4n) is 1.84. The molecule has 0 fully saturated rings. The minimum atomic E-state index is -1.72. The summed E-state index contributed by atoms with van der Waals surface area (Å²) in [5.41, 5.74) is -0.654. The first-order valence-corrected chi connectivity index (χ1v) is 6.14. The second-order valence-corrected chi connectivity index (χ2v) is 4.30. The van der Waals surface area contributed by atoms with Gasteiger partial charge < -0.3 is 15.4 Å². The van der Waals surface area contributed by atoms with Crippen LogP contribution >= 0.6 is 0 Å². The largest absolute Gasteiger partial charge is 0.475 e. The monoisotopic (exact) mass is 299 g/mol. The maximum absolute atomic E-state index is 12.1. The van der Waals surface area contributed by atoms with E-state index >= 15 is 0 Å². The number of carboxylic acids is 1. The normalized spacial score (nSPS) is 10.5. The molecule has 0 spiro atoms. The van der Waals surface area contributed by atoms with Crippen molar-refractivity contribution >= 4 is 29.2 Å². The molecule has 0 aliphatic carbocycles. The van der Waals surface area contributed by atoms with Crippen molar-refractivity contribution in [2.24, 2.45) is 0 Å². The highest BCUT2D eigenvalue weighted by Crippen LogP contribution is 2.11. The maximum Gasteiger partial charge on any atom is 0.377 e. The number of H-pyrrole nitrogens is 1. The highest BCUT2D eigenvalue weighted by molar-refractivity contribution is 6.39. The molecule has 0 bridgehead atoms. The average molecular weight is 299 g/mol. The van der Waals surface area contributed by atoms with E-state index in [1.807, 2.05) is 18.2 Å². The van der Waals surface area contributed by atoms with Gasteiger partial charge in [-0.2, -0.15) is 9.50 Å². The number of aromatic nitrogens is 4. The summed E-state index contributed by atoms with van der Waals surface area (Å²) < 4.78 is 0.835. The van der Waals surface area contributed by atoms with E-state index in [1.54, 1.807) is 12.1 Å². The summed E-state index contributed by atoms with van der Waals surface area (Å²) in [4.78, 5) is 40.8. The number of aromatic amines is 1. The van der Waals surface area contributed by atoms with Gasteiger partial charge in [-0.05, 0) is 12.1 Å². The predicted octanol–water partition coefficient (Wildman–Crippen LogP) is 0.428. The van der Waals surface area contributed by atoms with Gasteiger partial charge in [0.15, 0.2) is 0 Å². The molecule has 110 valence electrons. The number of hydrogen-bond donors (Lipinski definition) is 3. The highest BCUT2D eigenvalue weighted by Gasteiger charge is 2.21. The second kappa shape index (κ2) is 5.13. The van der Waals surface area contributed by atoms with Gasteiger partial charge in [0.1, 0.15) is 5.56 Å². The van der Waals surface area contributed by atoms with Crippen LogP contribution in [0.15, 0.2) is 41.3 Å². The molecule has 0 unspecified atom stereocenters. The standard InChI is InChI=1S/C13H9N5O4/c19-9(11(21)22)8-6-14-13-16-12(17-18(13)10(8)20)15-7-4-2-1-3-5-7/h1-6H,(H,21,22)(H2,14,15,16,17). The Kier molecular flexibility index (Phi) is 3.14. The summed E-state index contributed by atoms with van der Waals surface area (Å²) >= 11 is 0. The molecule has 3 N–H and O–H groups in total. The Morgan fingerprint density at radius 3 is 2.64 bits per heavy atom. The Labute approximate surface area is 122 Å². The van der Waals surface area contributed by atoms with E-state index in [0.29, 0.717) is 5.69 Å². The number of para-hydroxylation sites is 1. The van der Waals surface area contributed by atoms with E-state index in [0.717, 1.165) is 10.7 Å². The molecule has 0 atom stereocenters. The van der Waals surface area contributed by atoms with Crippen LogP contribution in [0, 0.1) is 0 Å². The average Bonchev–Trinajstić information content (AvgIpc) is 2.91. The lowest BCUT2D eigenvalue weighted by molar-refractivity contribution is -0.131. The third kappa shape index (κ3) is 2.30. The molecule has 0 saturated heterocycles. The molecule has 0 saturated carbocycles. The number of fused-ring (bicyclic) bond motifs is 1. The SMILES string of the molecule is O=C(O)C(=O)c1c[nH]c2nc(Nc3ccccc3)nn2c1=O. The summed E-state index contributed by atoms with van der Waals surface area (Å²) in [6, 6.07) is 9.04. The van der Waals surface area contributed by atoms with Gasteiger partial charge in [0.05, 0.1) is 0 Å². The van der Waals surface area contributed by atoms with Crippen LogP contribution in [0.1, 0.15) is 10.4 Å². The van der Waals surface area contributed by atoms with Gasteiger partial charge in [-0.3, -0.25) is 9.59 Å². The van der Waals surface area contributed by atoms with Gasteiger partial charge in [0.2, 0.25) is 11.7 Å². The van der Waals surface area contributed by atoms with Crippen molar-refractivity contribution in [1.29, 1.82) is 0 Å². The number of carbonyl (C=O) groups excluding carboxylic acids is 1. The Morgan fingerprint density at radius 2 is 1.95 bits per heavy atom. The van der Waals surface area contributed by atoms with Crippen molar-refractivity contribution in [2.45, 2.75) is 0 Å². The van der Waals surface area contributed by atoms with Crippen molar-refractivity contribution in [3.63, 3.8) is 0 Å².